The number of aromatic nitrogens is 2. The standard InChI is InChI=1S/C7H7N3O3/c11-5-1-2-6-8-3-7(10(12)13)9(6)4-5/h3H,1-2,4H2. The molecule has 1 aromatic heterocycles. The van der Waals surface area contributed by atoms with Crippen molar-refractivity contribution in [2.45, 2.75) is 19.4 Å². The fourth-order valence-corrected chi connectivity index (χ4v) is 1.43. The first-order chi connectivity index (χ1) is 6.18. The van der Waals surface area contributed by atoms with Crippen molar-refractivity contribution >= 4 is 11.6 Å². The zero-order valence-electron chi connectivity index (χ0n) is 6.77. The minimum Gasteiger partial charge on any atom is -0.358 e. The number of nitro groups is 1. The number of carbonyl (C=O) groups excluding carboxylic acids is 1. The Morgan fingerprint density at radius 1 is 1.54 bits per heavy atom. The van der Waals surface area contributed by atoms with E-state index in [-0.39, 0.29) is 18.1 Å². The van der Waals surface area contributed by atoms with Gasteiger partial charge in [-0.3, -0.25) is 4.79 Å². The molecule has 0 amide bonds. The second-order valence-electron chi connectivity index (χ2n) is 2.91. The van der Waals surface area contributed by atoms with Crippen LogP contribution in [0.4, 0.5) is 5.82 Å². The molecule has 0 saturated carbocycles. The monoisotopic (exact) mass is 181 g/mol. The van der Waals surface area contributed by atoms with Crippen molar-refractivity contribution in [3.8, 4) is 0 Å². The van der Waals surface area contributed by atoms with E-state index in [4.69, 9.17) is 0 Å². The molecule has 13 heavy (non-hydrogen) atoms. The fourth-order valence-electron chi connectivity index (χ4n) is 1.43. The summed E-state index contributed by atoms with van der Waals surface area (Å²) in [6.45, 7) is 0.0889. The topological polar surface area (TPSA) is 78.0 Å². The molecule has 0 aromatic carbocycles. The predicted molar refractivity (Wildman–Crippen MR) is 42.2 cm³/mol. The Bertz CT molecular complexity index is 382. The van der Waals surface area contributed by atoms with E-state index in [1.165, 1.54) is 10.8 Å². The molecule has 0 spiro atoms. The summed E-state index contributed by atoms with van der Waals surface area (Å²) in [6.07, 6.45) is 2.15. The Morgan fingerprint density at radius 2 is 2.31 bits per heavy atom. The number of imidazole rings is 1. The first-order valence-corrected chi connectivity index (χ1v) is 3.89. The molecule has 0 radical (unpaired) electrons. The SMILES string of the molecule is O=C1CCc2ncc([N+](=O)[O-])n2C1. The van der Waals surface area contributed by atoms with Crippen molar-refractivity contribution in [3.63, 3.8) is 0 Å². The van der Waals surface area contributed by atoms with Crippen LogP contribution in [0.1, 0.15) is 12.2 Å². The van der Waals surface area contributed by atoms with Crippen molar-refractivity contribution < 1.29 is 9.72 Å². The Balaban J connectivity index is 2.46. The molecule has 0 N–H and O–H groups in total. The van der Waals surface area contributed by atoms with Gasteiger partial charge in [0, 0.05) is 12.8 Å². The van der Waals surface area contributed by atoms with Crippen LogP contribution in [-0.2, 0) is 17.8 Å². The summed E-state index contributed by atoms with van der Waals surface area (Å²) >= 11 is 0. The van der Waals surface area contributed by atoms with Crippen LogP contribution in [0.15, 0.2) is 6.20 Å². The first kappa shape index (κ1) is 7.90. The van der Waals surface area contributed by atoms with Crippen molar-refractivity contribution in [1.82, 2.24) is 9.55 Å². The van der Waals surface area contributed by atoms with E-state index >= 15 is 0 Å². The van der Waals surface area contributed by atoms with Crippen molar-refractivity contribution in [2.75, 3.05) is 0 Å². The third kappa shape index (κ3) is 1.20. The van der Waals surface area contributed by atoms with Gasteiger partial charge in [0.15, 0.2) is 18.2 Å². The number of fused-ring (bicyclic) bond motifs is 1. The van der Waals surface area contributed by atoms with Crippen LogP contribution in [0.2, 0.25) is 0 Å². The highest BCUT2D eigenvalue weighted by molar-refractivity contribution is 5.79. The van der Waals surface area contributed by atoms with E-state index in [0.717, 1.165) is 0 Å². The quantitative estimate of drug-likeness (QED) is 0.461. The molecule has 0 bridgehead atoms. The number of ketones is 1. The minimum atomic E-state index is -0.519. The molecule has 0 atom stereocenters. The molecule has 1 aliphatic rings. The van der Waals surface area contributed by atoms with Crippen molar-refractivity contribution in [1.29, 1.82) is 0 Å². The number of rotatable bonds is 1. The Morgan fingerprint density at radius 3 is 3.00 bits per heavy atom. The third-order valence-electron chi connectivity index (χ3n) is 2.07. The van der Waals surface area contributed by atoms with Gasteiger partial charge in [-0.05, 0) is 4.92 Å². The van der Waals surface area contributed by atoms with Gasteiger partial charge in [0.05, 0.1) is 0 Å². The Labute approximate surface area is 73.3 Å². The lowest BCUT2D eigenvalue weighted by Gasteiger charge is -2.08. The molecule has 1 aromatic rings. The van der Waals surface area contributed by atoms with Crippen LogP contribution in [0.25, 0.3) is 0 Å². The maximum atomic E-state index is 11.0. The fraction of sp³-hybridized carbons (Fsp3) is 0.429. The molecular weight excluding hydrogens is 174 g/mol. The first-order valence-electron chi connectivity index (χ1n) is 3.89. The van der Waals surface area contributed by atoms with Crippen LogP contribution in [0.5, 0.6) is 0 Å². The summed E-state index contributed by atoms with van der Waals surface area (Å²) in [5.41, 5.74) is 0. The summed E-state index contributed by atoms with van der Waals surface area (Å²) in [5, 5.41) is 10.5. The van der Waals surface area contributed by atoms with Gasteiger partial charge in [0.25, 0.3) is 0 Å². The second kappa shape index (κ2) is 2.65. The van der Waals surface area contributed by atoms with E-state index in [1.807, 2.05) is 0 Å². The van der Waals surface area contributed by atoms with Crippen molar-refractivity contribution in [3.05, 3.63) is 22.1 Å². The maximum absolute atomic E-state index is 11.0. The lowest BCUT2D eigenvalue weighted by atomic mass is 10.1. The molecular formula is C7H7N3O3. The summed E-state index contributed by atoms with van der Waals surface area (Å²) < 4.78 is 1.37. The third-order valence-corrected chi connectivity index (χ3v) is 2.07. The van der Waals surface area contributed by atoms with Gasteiger partial charge in [-0.15, -0.1) is 0 Å². The van der Waals surface area contributed by atoms with E-state index in [2.05, 4.69) is 4.98 Å². The number of nitrogens with zero attached hydrogens (tertiary/aromatic N) is 3. The highest BCUT2D eigenvalue weighted by Gasteiger charge is 2.26. The van der Waals surface area contributed by atoms with Crippen LogP contribution < -0.4 is 0 Å². The number of hydrogen-bond acceptors (Lipinski definition) is 4. The number of Topliss-reactive ketones (excluding diaryl/α,β-unsaturated/α-hetero) is 1. The van der Waals surface area contributed by atoms with E-state index in [1.54, 1.807) is 0 Å². The summed E-state index contributed by atoms with van der Waals surface area (Å²) in [4.78, 5) is 24.9. The molecule has 1 aliphatic heterocycles. The van der Waals surface area contributed by atoms with Gasteiger partial charge in [-0.25, -0.2) is 9.55 Å². The van der Waals surface area contributed by atoms with Gasteiger partial charge < -0.3 is 10.1 Å². The van der Waals surface area contributed by atoms with Gasteiger partial charge in [-0.2, -0.15) is 0 Å². The van der Waals surface area contributed by atoms with Crippen LogP contribution in [0.3, 0.4) is 0 Å². The van der Waals surface area contributed by atoms with Crippen LogP contribution >= 0.6 is 0 Å². The summed E-state index contributed by atoms with van der Waals surface area (Å²) in [6, 6.07) is 0. The van der Waals surface area contributed by atoms with Crippen LogP contribution in [-0.4, -0.2) is 20.3 Å². The van der Waals surface area contributed by atoms with E-state index in [9.17, 15) is 14.9 Å². The maximum Gasteiger partial charge on any atom is 0.343 e. The summed E-state index contributed by atoms with van der Waals surface area (Å²) in [5.74, 6) is 0.558. The highest BCUT2D eigenvalue weighted by Crippen LogP contribution is 2.19. The van der Waals surface area contributed by atoms with Crippen molar-refractivity contribution in [2.24, 2.45) is 0 Å². The predicted octanol–water partition coefficient (Wildman–Crippen LogP) is 0.307. The molecule has 0 unspecified atom stereocenters. The van der Waals surface area contributed by atoms with E-state index in [0.29, 0.717) is 18.7 Å². The number of hydrogen-bond donors (Lipinski definition) is 0. The van der Waals surface area contributed by atoms with Crippen LogP contribution in [0, 0.1) is 10.1 Å². The van der Waals surface area contributed by atoms with E-state index < -0.39 is 4.92 Å². The Kier molecular flexibility index (Phi) is 1.61. The number of aryl methyl sites for hydroxylation is 1. The number of carbonyl (C=O) groups is 1. The van der Waals surface area contributed by atoms with Gasteiger partial charge in [-0.1, -0.05) is 0 Å². The molecule has 6 nitrogen and oxygen atoms in total. The highest BCUT2D eigenvalue weighted by atomic mass is 16.6. The molecule has 2 heterocycles. The van der Waals surface area contributed by atoms with Gasteiger partial charge in [0.1, 0.15) is 6.20 Å². The molecule has 0 fully saturated rings. The molecule has 0 saturated heterocycles. The molecule has 6 heteroatoms. The molecule has 2 rings (SSSR count). The Hall–Kier alpha value is -1.72. The van der Waals surface area contributed by atoms with Gasteiger partial charge >= 0.3 is 5.82 Å². The summed E-state index contributed by atoms with van der Waals surface area (Å²) in [7, 11) is 0. The average Bonchev–Trinajstić information content (AvgIpc) is 2.46. The second-order valence-corrected chi connectivity index (χ2v) is 2.91. The lowest BCUT2D eigenvalue weighted by molar-refractivity contribution is -0.392. The van der Waals surface area contributed by atoms with Gasteiger partial charge in [0.2, 0.25) is 0 Å². The average molecular weight is 181 g/mol. The zero-order valence-corrected chi connectivity index (χ0v) is 6.77. The lowest BCUT2D eigenvalue weighted by Crippen LogP contribution is -2.20. The minimum absolute atomic E-state index is 0.0219. The normalized spacial score (nSPS) is 15.5. The molecule has 68 valence electrons. The largest absolute Gasteiger partial charge is 0.358 e. The molecule has 0 aliphatic carbocycles. The zero-order chi connectivity index (χ0) is 9.42. The smallest absolute Gasteiger partial charge is 0.343 e.